The summed E-state index contributed by atoms with van der Waals surface area (Å²) < 4.78 is 5.17. The molecule has 0 saturated heterocycles. The summed E-state index contributed by atoms with van der Waals surface area (Å²) >= 11 is 0. The van der Waals surface area contributed by atoms with Crippen LogP contribution < -0.4 is 5.63 Å². The molecule has 0 spiro atoms. The number of non-ortho nitro benzene ring substituents is 1. The number of aliphatic imine (C=N–C) groups is 1. The van der Waals surface area contributed by atoms with E-state index in [0.29, 0.717) is 11.3 Å². The van der Waals surface area contributed by atoms with Gasteiger partial charge >= 0.3 is 5.63 Å². The Morgan fingerprint density at radius 3 is 2.57 bits per heavy atom. The van der Waals surface area contributed by atoms with E-state index in [1.807, 2.05) is 19.1 Å². The number of benzene rings is 2. The van der Waals surface area contributed by atoms with Crippen molar-refractivity contribution in [3.05, 3.63) is 80.2 Å². The second kappa shape index (κ2) is 5.84. The Bertz CT molecular complexity index is 972. The second-order valence-electron chi connectivity index (χ2n) is 5.04. The van der Waals surface area contributed by atoms with Gasteiger partial charge in [0, 0.05) is 35.9 Å². The lowest BCUT2D eigenvalue weighted by atomic mass is 10.1. The van der Waals surface area contributed by atoms with Crippen LogP contribution in [0.15, 0.2) is 62.7 Å². The standard InChI is InChI=1S/C17H12N2O4/c1-11-8-17(20)23-16-9-13(4-7-15(11)16)18-10-12-2-5-14(6-3-12)19(21)22/h2-10H,1H3. The van der Waals surface area contributed by atoms with E-state index in [-0.39, 0.29) is 5.69 Å². The molecular formula is C17H12N2O4. The largest absolute Gasteiger partial charge is 0.423 e. The van der Waals surface area contributed by atoms with Crippen LogP contribution >= 0.6 is 0 Å². The number of rotatable bonds is 3. The molecule has 0 bridgehead atoms. The lowest BCUT2D eigenvalue weighted by molar-refractivity contribution is -0.384. The monoisotopic (exact) mass is 308 g/mol. The molecule has 114 valence electrons. The van der Waals surface area contributed by atoms with Crippen LogP contribution in [-0.4, -0.2) is 11.1 Å². The predicted molar refractivity (Wildman–Crippen MR) is 87.6 cm³/mol. The molecule has 3 rings (SSSR count). The molecule has 0 N–H and O–H groups in total. The third kappa shape index (κ3) is 3.16. The Labute approximate surface area is 130 Å². The molecule has 0 aliphatic heterocycles. The van der Waals surface area contributed by atoms with Crippen molar-refractivity contribution in [3.63, 3.8) is 0 Å². The Morgan fingerprint density at radius 1 is 1.13 bits per heavy atom. The number of hydrogen-bond donors (Lipinski definition) is 0. The fourth-order valence-electron chi connectivity index (χ4n) is 2.23. The van der Waals surface area contributed by atoms with Crippen LogP contribution in [0.25, 0.3) is 11.0 Å². The minimum atomic E-state index is -0.450. The quantitative estimate of drug-likeness (QED) is 0.319. The number of hydrogen-bond acceptors (Lipinski definition) is 5. The molecule has 0 aliphatic rings. The molecule has 1 aromatic heterocycles. The van der Waals surface area contributed by atoms with Gasteiger partial charge in [0.1, 0.15) is 5.58 Å². The molecule has 1 heterocycles. The van der Waals surface area contributed by atoms with Gasteiger partial charge in [0.05, 0.1) is 10.6 Å². The SMILES string of the molecule is Cc1cc(=O)oc2cc(N=Cc3ccc([N+](=O)[O-])cc3)ccc12. The van der Waals surface area contributed by atoms with Crippen molar-refractivity contribution < 1.29 is 9.34 Å². The molecule has 0 aliphatic carbocycles. The first kappa shape index (κ1) is 14.6. The Balaban J connectivity index is 1.91. The van der Waals surface area contributed by atoms with Gasteiger partial charge in [-0.2, -0.15) is 0 Å². The molecule has 0 atom stereocenters. The number of nitro groups is 1. The fraction of sp³-hybridized carbons (Fsp3) is 0.0588. The zero-order valence-electron chi connectivity index (χ0n) is 12.2. The molecule has 6 nitrogen and oxygen atoms in total. The topological polar surface area (TPSA) is 85.7 Å². The third-order valence-electron chi connectivity index (χ3n) is 3.40. The van der Waals surface area contributed by atoms with Gasteiger partial charge < -0.3 is 4.42 Å². The van der Waals surface area contributed by atoms with Crippen LogP contribution in [0.2, 0.25) is 0 Å². The molecule has 2 aromatic carbocycles. The summed E-state index contributed by atoms with van der Waals surface area (Å²) in [4.78, 5) is 25.9. The van der Waals surface area contributed by atoms with Gasteiger partial charge in [-0.1, -0.05) is 0 Å². The molecule has 3 aromatic rings. The molecular weight excluding hydrogens is 296 g/mol. The Morgan fingerprint density at radius 2 is 1.87 bits per heavy atom. The van der Waals surface area contributed by atoms with E-state index in [4.69, 9.17) is 4.42 Å². The normalized spacial score (nSPS) is 11.2. The van der Waals surface area contributed by atoms with E-state index in [0.717, 1.165) is 16.5 Å². The summed E-state index contributed by atoms with van der Waals surface area (Å²) in [5.74, 6) is 0. The number of nitrogens with zero attached hydrogens (tertiary/aromatic N) is 2. The van der Waals surface area contributed by atoms with Crippen molar-refractivity contribution in [2.45, 2.75) is 6.92 Å². The molecule has 23 heavy (non-hydrogen) atoms. The average Bonchev–Trinajstić information content (AvgIpc) is 2.52. The molecule has 0 fully saturated rings. The predicted octanol–water partition coefficient (Wildman–Crippen LogP) is 3.76. The maximum absolute atomic E-state index is 11.4. The van der Waals surface area contributed by atoms with E-state index < -0.39 is 10.5 Å². The highest BCUT2D eigenvalue weighted by Crippen LogP contribution is 2.22. The Kier molecular flexibility index (Phi) is 3.72. The molecule has 6 heteroatoms. The minimum absolute atomic E-state index is 0.0325. The molecule has 0 radical (unpaired) electrons. The van der Waals surface area contributed by atoms with Crippen molar-refractivity contribution in [3.8, 4) is 0 Å². The third-order valence-corrected chi connectivity index (χ3v) is 3.40. The zero-order chi connectivity index (χ0) is 16.4. The van der Waals surface area contributed by atoms with E-state index in [1.165, 1.54) is 18.2 Å². The summed E-state index contributed by atoms with van der Waals surface area (Å²) in [6.45, 7) is 1.85. The highest BCUT2D eigenvalue weighted by atomic mass is 16.6. The Hall–Kier alpha value is -3.28. The highest BCUT2D eigenvalue weighted by Gasteiger charge is 2.04. The first-order valence-electron chi connectivity index (χ1n) is 6.86. The van der Waals surface area contributed by atoms with Crippen LogP contribution in [0.4, 0.5) is 11.4 Å². The van der Waals surface area contributed by atoms with Crippen molar-refractivity contribution in [2.24, 2.45) is 4.99 Å². The minimum Gasteiger partial charge on any atom is -0.423 e. The van der Waals surface area contributed by atoms with Crippen molar-refractivity contribution in [1.82, 2.24) is 0 Å². The summed E-state index contributed by atoms with van der Waals surface area (Å²) in [6.07, 6.45) is 1.60. The van der Waals surface area contributed by atoms with Crippen LogP contribution in [0.5, 0.6) is 0 Å². The summed E-state index contributed by atoms with van der Waals surface area (Å²) in [5.41, 5.74) is 2.33. The van der Waals surface area contributed by atoms with E-state index >= 15 is 0 Å². The second-order valence-corrected chi connectivity index (χ2v) is 5.04. The summed E-state index contributed by atoms with van der Waals surface area (Å²) in [7, 11) is 0. The lowest BCUT2D eigenvalue weighted by Crippen LogP contribution is -1.97. The number of aryl methyl sites for hydroxylation is 1. The number of nitro benzene ring substituents is 1. The number of fused-ring (bicyclic) bond motifs is 1. The molecule has 0 saturated carbocycles. The first-order chi connectivity index (χ1) is 11.0. The van der Waals surface area contributed by atoms with Gasteiger partial charge in [-0.3, -0.25) is 15.1 Å². The zero-order valence-corrected chi connectivity index (χ0v) is 12.2. The van der Waals surface area contributed by atoms with Gasteiger partial charge in [0.2, 0.25) is 0 Å². The van der Waals surface area contributed by atoms with Crippen LogP contribution in [0.3, 0.4) is 0 Å². The van der Waals surface area contributed by atoms with Crippen molar-refractivity contribution >= 4 is 28.6 Å². The maximum Gasteiger partial charge on any atom is 0.336 e. The van der Waals surface area contributed by atoms with Crippen molar-refractivity contribution in [1.29, 1.82) is 0 Å². The molecule has 0 amide bonds. The van der Waals surface area contributed by atoms with Crippen molar-refractivity contribution in [2.75, 3.05) is 0 Å². The van der Waals surface area contributed by atoms with Crippen LogP contribution in [0, 0.1) is 17.0 Å². The van der Waals surface area contributed by atoms with Gasteiger partial charge in [-0.05, 0) is 42.3 Å². The fourth-order valence-corrected chi connectivity index (χ4v) is 2.23. The van der Waals surface area contributed by atoms with Gasteiger partial charge in [-0.25, -0.2) is 4.79 Å². The van der Waals surface area contributed by atoms with E-state index in [1.54, 1.807) is 24.4 Å². The summed E-state index contributed by atoms with van der Waals surface area (Å²) in [6, 6.07) is 12.9. The smallest absolute Gasteiger partial charge is 0.336 e. The van der Waals surface area contributed by atoms with Gasteiger partial charge in [0.15, 0.2) is 0 Å². The summed E-state index contributed by atoms with van der Waals surface area (Å²) in [5, 5.41) is 11.5. The van der Waals surface area contributed by atoms with Crippen LogP contribution in [0.1, 0.15) is 11.1 Å². The van der Waals surface area contributed by atoms with Gasteiger partial charge in [0.25, 0.3) is 5.69 Å². The van der Waals surface area contributed by atoms with Crippen LogP contribution in [-0.2, 0) is 0 Å². The lowest BCUT2D eigenvalue weighted by Gasteiger charge is -2.01. The average molecular weight is 308 g/mol. The molecule has 0 unspecified atom stereocenters. The van der Waals surface area contributed by atoms with Gasteiger partial charge in [-0.15, -0.1) is 0 Å². The first-order valence-corrected chi connectivity index (χ1v) is 6.86. The highest BCUT2D eigenvalue weighted by molar-refractivity contribution is 5.86. The maximum atomic E-state index is 11.4. The van der Waals surface area contributed by atoms with E-state index in [9.17, 15) is 14.9 Å². The van der Waals surface area contributed by atoms with E-state index in [2.05, 4.69) is 4.99 Å².